The fourth-order valence-corrected chi connectivity index (χ4v) is 2.02. The quantitative estimate of drug-likeness (QED) is 0.910. The number of carbonyl (C=O) groups is 1. The molecule has 1 N–H and O–H groups in total. The van der Waals surface area contributed by atoms with E-state index in [1.165, 1.54) is 5.56 Å². The summed E-state index contributed by atoms with van der Waals surface area (Å²) < 4.78 is 0. The number of hydrogen-bond donors (Lipinski definition) is 1. The van der Waals surface area contributed by atoms with Crippen LogP contribution in [-0.4, -0.2) is 10.9 Å². The van der Waals surface area contributed by atoms with E-state index in [-0.39, 0.29) is 5.91 Å². The van der Waals surface area contributed by atoms with Gasteiger partial charge in [0.1, 0.15) is 5.69 Å². The lowest BCUT2D eigenvalue weighted by Gasteiger charge is -2.13. The fourth-order valence-electron chi connectivity index (χ4n) is 2.02. The second kappa shape index (κ2) is 6.14. The van der Waals surface area contributed by atoms with Crippen molar-refractivity contribution in [1.82, 2.24) is 10.3 Å². The highest BCUT2D eigenvalue weighted by Gasteiger charge is 2.09. The van der Waals surface area contributed by atoms with E-state index < -0.39 is 0 Å². The van der Waals surface area contributed by atoms with Crippen LogP contribution in [-0.2, 0) is 6.54 Å². The van der Waals surface area contributed by atoms with E-state index in [4.69, 9.17) is 0 Å². The average molecular weight is 254 g/mol. The van der Waals surface area contributed by atoms with Crippen LogP contribution < -0.4 is 5.32 Å². The highest BCUT2D eigenvalue weighted by molar-refractivity contribution is 5.92. The average Bonchev–Trinajstić information content (AvgIpc) is 2.46. The van der Waals surface area contributed by atoms with Crippen LogP contribution in [0.4, 0.5) is 0 Å². The Bertz CT molecular complexity index is 550. The first-order valence-corrected chi connectivity index (χ1v) is 6.45. The summed E-state index contributed by atoms with van der Waals surface area (Å²) in [5.74, 6) is 0.308. The third-order valence-corrected chi connectivity index (χ3v) is 3.01. The van der Waals surface area contributed by atoms with Gasteiger partial charge in [-0.2, -0.15) is 0 Å². The summed E-state index contributed by atoms with van der Waals surface area (Å²) >= 11 is 0. The van der Waals surface area contributed by atoms with E-state index >= 15 is 0 Å². The topological polar surface area (TPSA) is 42.0 Å². The Balaban J connectivity index is 2.05. The summed E-state index contributed by atoms with van der Waals surface area (Å²) in [7, 11) is 0. The maximum absolute atomic E-state index is 11.9. The van der Waals surface area contributed by atoms with Crippen LogP contribution in [0.1, 0.15) is 41.4 Å². The van der Waals surface area contributed by atoms with Gasteiger partial charge in [0.25, 0.3) is 5.91 Å². The molecule has 98 valence electrons. The number of nitrogens with one attached hydrogen (secondary N) is 1. The fraction of sp³-hybridized carbons (Fsp3) is 0.250. The number of nitrogens with zero attached hydrogens (tertiary/aromatic N) is 1. The van der Waals surface area contributed by atoms with Crippen molar-refractivity contribution in [3.8, 4) is 0 Å². The molecule has 2 aromatic rings. The number of hydrogen-bond acceptors (Lipinski definition) is 2. The van der Waals surface area contributed by atoms with Crippen molar-refractivity contribution in [1.29, 1.82) is 0 Å². The molecule has 1 heterocycles. The van der Waals surface area contributed by atoms with E-state index in [9.17, 15) is 4.79 Å². The summed E-state index contributed by atoms with van der Waals surface area (Å²) in [5.41, 5.74) is 2.87. The molecule has 0 atom stereocenters. The molecule has 0 unspecified atom stereocenters. The molecule has 19 heavy (non-hydrogen) atoms. The van der Waals surface area contributed by atoms with Gasteiger partial charge in [0.15, 0.2) is 0 Å². The van der Waals surface area contributed by atoms with Gasteiger partial charge in [-0.25, -0.2) is 0 Å². The zero-order chi connectivity index (χ0) is 13.7. The summed E-state index contributed by atoms with van der Waals surface area (Å²) in [5, 5.41) is 2.91. The molecule has 0 spiro atoms. The third kappa shape index (κ3) is 3.41. The normalized spacial score (nSPS) is 10.5. The number of aromatic nitrogens is 1. The number of carbonyl (C=O) groups excluding carboxylic acids is 1. The van der Waals surface area contributed by atoms with Crippen LogP contribution >= 0.6 is 0 Å². The van der Waals surface area contributed by atoms with E-state index in [1.807, 2.05) is 24.3 Å². The van der Waals surface area contributed by atoms with Crippen molar-refractivity contribution in [3.63, 3.8) is 0 Å². The number of pyridine rings is 1. The van der Waals surface area contributed by atoms with Gasteiger partial charge in [0.05, 0.1) is 0 Å². The number of rotatable bonds is 4. The smallest absolute Gasteiger partial charge is 0.270 e. The van der Waals surface area contributed by atoms with E-state index in [0.717, 1.165) is 5.56 Å². The van der Waals surface area contributed by atoms with E-state index in [0.29, 0.717) is 18.2 Å². The first kappa shape index (κ1) is 13.3. The van der Waals surface area contributed by atoms with Gasteiger partial charge in [-0.05, 0) is 29.2 Å². The van der Waals surface area contributed by atoms with Crippen molar-refractivity contribution in [3.05, 3.63) is 65.5 Å². The predicted molar refractivity (Wildman–Crippen MR) is 75.9 cm³/mol. The zero-order valence-electron chi connectivity index (χ0n) is 11.3. The molecule has 1 aromatic heterocycles. The molecule has 0 saturated carbocycles. The SMILES string of the molecule is CC(C)c1ccccc1CNC(=O)c1ccccn1. The van der Waals surface area contributed by atoms with Crippen LogP contribution in [0.5, 0.6) is 0 Å². The van der Waals surface area contributed by atoms with Gasteiger partial charge in [0.2, 0.25) is 0 Å². The molecule has 0 fully saturated rings. The molecule has 0 aliphatic carbocycles. The first-order chi connectivity index (χ1) is 9.18. The Morgan fingerprint density at radius 1 is 1.16 bits per heavy atom. The second-order valence-corrected chi connectivity index (χ2v) is 4.75. The van der Waals surface area contributed by atoms with Gasteiger partial charge in [-0.15, -0.1) is 0 Å². The lowest BCUT2D eigenvalue weighted by molar-refractivity contribution is 0.0946. The molecule has 1 amide bonds. The van der Waals surface area contributed by atoms with Crippen molar-refractivity contribution >= 4 is 5.91 Å². The van der Waals surface area contributed by atoms with Crippen LogP contribution in [0.15, 0.2) is 48.7 Å². The molecule has 0 aliphatic heterocycles. The van der Waals surface area contributed by atoms with Crippen molar-refractivity contribution in [2.24, 2.45) is 0 Å². The highest BCUT2D eigenvalue weighted by Crippen LogP contribution is 2.18. The lowest BCUT2D eigenvalue weighted by Crippen LogP contribution is -2.24. The van der Waals surface area contributed by atoms with Crippen LogP contribution in [0, 0.1) is 0 Å². The lowest BCUT2D eigenvalue weighted by atomic mass is 9.97. The Hall–Kier alpha value is -2.16. The van der Waals surface area contributed by atoms with Gasteiger partial charge >= 0.3 is 0 Å². The molecular formula is C16H18N2O. The predicted octanol–water partition coefficient (Wildman–Crippen LogP) is 3.14. The van der Waals surface area contributed by atoms with Gasteiger partial charge in [0, 0.05) is 12.7 Å². The summed E-state index contributed by atoms with van der Waals surface area (Å²) in [6, 6.07) is 13.5. The van der Waals surface area contributed by atoms with Gasteiger partial charge < -0.3 is 5.32 Å². The van der Waals surface area contributed by atoms with Crippen molar-refractivity contribution in [2.75, 3.05) is 0 Å². The largest absolute Gasteiger partial charge is 0.347 e. The first-order valence-electron chi connectivity index (χ1n) is 6.45. The molecule has 3 nitrogen and oxygen atoms in total. The Morgan fingerprint density at radius 3 is 2.58 bits per heavy atom. The minimum atomic E-state index is -0.140. The molecule has 0 radical (unpaired) electrons. The van der Waals surface area contributed by atoms with Crippen LogP contribution in [0.2, 0.25) is 0 Å². The van der Waals surface area contributed by atoms with Crippen LogP contribution in [0.3, 0.4) is 0 Å². The maximum atomic E-state index is 11.9. The van der Waals surface area contributed by atoms with Crippen molar-refractivity contribution < 1.29 is 4.79 Å². The Kier molecular flexibility index (Phi) is 4.29. The Morgan fingerprint density at radius 2 is 1.89 bits per heavy atom. The minimum absolute atomic E-state index is 0.140. The summed E-state index contributed by atoms with van der Waals surface area (Å²) in [4.78, 5) is 16.0. The highest BCUT2D eigenvalue weighted by atomic mass is 16.1. The summed E-state index contributed by atoms with van der Waals surface area (Å²) in [6.45, 7) is 4.84. The Labute approximate surface area is 113 Å². The van der Waals surface area contributed by atoms with Gasteiger partial charge in [-0.3, -0.25) is 9.78 Å². The molecule has 1 aromatic carbocycles. The molecule has 0 saturated heterocycles. The van der Waals surface area contributed by atoms with Crippen molar-refractivity contribution in [2.45, 2.75) is 26.3 Å². The second-order valence-electron chi connectivity index (χ2n) is 4.75. The standard InChI is InChI=1S/C16H18N2O/c1-12(2)14-8-4-3-7-13(14)11-18-16(19)15-9-5-6-10-17-15/h3-10,12H,11H2,1-2H3,(H,18,19). The maximum Gasteiger partial charge on any atom is 0.270 e. The molecule has 2 rings (SSSR count). The number of amides is 1. The minimum Gasteiger partial charge on any atom is -0.347 e. The molecule has 3 heteroatoms. The number of benzene rings is 1. The monoisotopic (exact) mass is 254 g/mol. The van der Waals surface area contributed by atoms with Crippen LogP contribution in [0.25, 0.3) is 0 Å². The van der Waals surface area contributed by atoms with E-state index in [2.05, 4.69) is 30.2 Å². The third-order valence-electron chi connectivity index (χ3n) is 3.01. The van der Waals surface area contributed by atoms with Gasteiger partial charge in [-0.1, -0.05) is 44.2 Å². The molecule has 0 bridgehead atoms. The zero-order valence-corrected chi connectivity index (χ0v) is 11.3. The molecule has 0 aliphatic rings. The molecular weight excluding hydrogens is 236 g/mol. The van der Waals surface area contributed by atoms with E-state index in [1.54, 1.807) is 18.3 Å². The summed E-state index contributed by atoms with van der Waals surface area (Å²) in [6.07, 6.45) is 1.62.